The Morgan fingerprint density at radius 3 is 2.57 bits per heavy atom. The number of amides is 2. The molecule has 1 aromatic carbocycles. The second kappa shape index (κ2) is 7.08. The van der Waals surface area contributed by atoms with Crippen LogP contribution in [0.3, 0.4) is 0 Å². The lowest BCUT2D eigenvalue weighted by atomic mass is 10.1. The van der Waals surface area contributed by atoms with Crippen molar-refractivity contribution in [3.05, 3.63) is 35.9 Å². The Bertz CT molecular complexity index is 486. The highest BCUT2D eigenvalue weighted by Gasteiger charge is 2.26. The molecule has 6 heteroatoms. The molecule has 3 N–H and O–H groups in total. The molecule has 0 radical (unpaired) electrons. The summed E-state index contributed by atoms with van der Waals surface area (Å²) in [6.45, 7) is 2.56. The fraction of sp³-hybridized carbons (Fsp3) is 0.467. The van der Waals surface area contributed by atoms with Gasteiger partial charge in [-0.25, -0.2) is 9.59 Å². The molecule has 21 heavy (non-hydrogen) atoms. The molecule has 0 spiro atoms. The summed E-state index contributed by atoms with van der Waals surface area (Å²) in [5, 5.41) is 14.5. The van der Waals surface area contributed by atoms with Crippen LogP contribution in [0.4, 0.5) is 4.79 Å². The Labute approximate surface area is 123 Å². The van der Waals surface area contributed by atoms with E-state index in [9.17, 15) is 14.7 Å². The fourth-order valence-electron chi connectivity index (χ4n) is 2.40. The van der Waals surface area contributed by atoms with Crippen LogP contribution in [0, 0.1) is 0 Å². The Kier molecular flexibility index (Phi) is 5.16. The van der Waals surface area contributed by atoms with Crippen LogP contribution in [0.1, 0.15) is 31.4 Å². The van der Waals surface area contributed by atoms with E-state index in [-0.39, 0.29) is 12.1 Å². The number of hydrogen-bond acceptors (Lipinski definition) is 3. The maximum Gasteiger partial charge on any atom is 0.330 e. The van der Waals surface area contributed by atoms with Crippen LogP contribution in [0.25, 0.3) is 0 Å². The minimum absolute atomic E-state index is 0.00393. The number of ether oxygens (including phenoxy) is 1. The molecule has 0 aromatic heterocycles. The van der Waals surface area contributed by atoms with Gasteiger partial charge < -0.3 is 20.5 Å². The van der Waals surface area contributed by atoms with Crippen LogP contribution < -0.4 is 10.6 Å². The summed E-state index contributed by atoms with van der Waals surface area (Å²) in [7, 11) is 0. The van der Waals surface area contributed by atoms with E-state index in [0.29, 0.717) is 12.2 Å². The maximum absolute atomic E-state index is 12.0. The molecule has 114 valence electrons. The number of nitrogens with one attached hydrogen (secondary N) is 2. The van der Waals surface area contributed by atoms with Gasteiger partial charge in [-0.2, -0.15) is 0 Å². The lowest BCUT2D eigenvalue weighted by molar-refractivity contribution is -0.139. The van der Waals surface area contributed by atoms with Crippen molar-refractivity contribution in [2.75, 3.05) is 6.61 Å². The van der Waals surface area contributed by atoms with Gasteiger partial charge in [0.2, 0.25) is 0 Å². The van der Waals surface area contributed by atoms with Crippen LogP contribution in [0.2, 0.25) is 0 Å². The summed E-state index contributed by atoms with van der Waals surface area (Å²) >= 11 is 0. The van der Waals surface area contributed by atoms with Crippen molar-refractivity contribution in [3.8, 4) is 0 Å². The van der Waals surface area contributed by atoms with E-state index in [1.165, 1.54) is 0 Å². The summed E-state index contributed by atoms with van der Waals surface area (Å²) in [6, 6.07) is 6.88. The van der Waals surface area contributed by atoms with E-state index in [4.69, 9.17) is 4.74 Å². The number of carboxylic acids is 1. The zero-order valence-corrected chi connectivity index (χ0v) is 11.9. The van der Waals surface area contributed by atoms with E-state index >= 15 is 0 Å². The zero-order valence-electron chi connectivity index (χ0n) is 11.9. The van der Waals surface area contributed by atoms with Crippen molar-refractivity contribution < 1.29 is 19.4 Å². The number of carbonyl (C=O) groups excluding carboxylic acids is 1. The topological polar surface area (TPSA) is 87.7 Å². The molecule has 0 aliphatic carbocycles. The van der Waals surface area contributed by atoms with E-state index in [0.717, 1.165) is 12.8 Å². The summed E-state index contributed by atoms with van der Waals surface area (Å²) < 4.78 is 5.49. The zero-order chi connectivity index (χ0) is 15.2. The van der Waals surface area contributed by atoms with E-state index in [2.05, 4.69) is 10.6 Å². The molecule has 1 aromatic rings. The molecule has 1 aliphatic rings. The molecule has 2 amide bonds. The monoisotopic (exact) mass is 292 g/mol. The third-order valence-corrected chi connectivity index (χ3v) is 3.54. The summed E-state index contributed by atoms with van der Waals surface area (Å²) in [5.74, 6) is -1.10. The first-order chi connectivity index (χ1) is 10.1. The Hall–Kier alpha value is -2.08. The molecule has 0 saturated carbocycles. The van der Waals surface area contributed by atoms with Gasteiger partial charge >= 0.3 is 12.0 Å². The SMILES string of the molecule is CC(NC(=O)N[C@H](C(=O)O)c1ccccc1)C1CCCO1. The normalized spacial score (nSPS) is 20.5. The standard InChI is InChI=1S/C15H20N2O4/c1-10(12-8-5-9-21-12)16-15(20)17-13(14(18)19)11-6-3-2-4-7-11/h2-4,6-7,10,12-13H,5,8-9H2,1H3,(H,18,19)(H2,16,17,20)/t10?,12?,13-/m0/s1. The highest BCUT2D eigenvalue weighted by atomic mass is 16.5. The molecule has 6 nitrogen and oxygen atoms in total. The van der Waals surface area contributed by atoms with Crippen molar-refractivity contribution in [1.82, 2.24) is 10.6 Å². The average molecular weight is 292 g/mol. The average Bonchev–Trinajstić information content (AvgIpc) is 2.99. The number of rotatable bonds is 5. The lowest BCUT2D eigenvalue weighted by Gasteiger charge is -2.22. The van der Waals surface area contributed by atoms with Crippen molar-refractivity contribution in [1.29, 1.82) is 0 Å². The quantitative estimate of drug-likeness (QED) is 0.770. The first-order valence-corrected chi connectivity index (χ1v) is 7.04. The minimum Gasteiger partial charge on any atom is -0.479 e. The van der Waals surface area contributed by atoms with Crippen molar-refractivity contribution in [2.24, 2.45) is 0 Å². The Balaban J connectivity index is 1.94. The largest absolute Gasteiger partial charge is 0.479 e. The van der Waals surface area contributed by atoms with E-state index in [1.807, 2.05) is 6.92 Å². The van der Waals surface area contributed by atoms with E-state index in [1.54, 1.807) is 30.3 Å². The lowest BCUT2D eigenvalue weighted by Crippen LogP contribution is -2.48. The number of urea groups is 1. The molecule has 3 atom stereocenters. The van der Waals surface area contributed by atoms with Crippen LogP contribution in [0.15, 0.2) is 30.3 Å². The predicted molar refractivity (Wildman–Crippen MR) is 76.9 cm³/mol. The smallest absolute Gasteiger partial charge is 0.330 e. The highest BCUT2D eigenvalue weighted by Crippen LogP contribution is 2.16. The van der Waals surface area contributed by atoms with Gasteiger partial charge in [0.15, 0.2) is 6.04 Å². The predicted octanol–water partition coefficient (Wildman–Crippen LogP) is 1.68. The van der Waals surface area contributed by atoms with Crippen molar-refractivity contribution in [2.45, 2.75) is 38.0 Å². The summed E-state index contributed by atoms with van der Waals surface area (Å²) in [6.07, 6.45) is 1.89. The molecule has 2 rings (SSSR count). The van der Waals surface area contributed by atoms with Gasteiger partial charge in [-0.15, -0.1) is 0 Å². The second-order valence-corrected chi connectivity index (χ2v) is 5.14. The molecule has 1 aliphatic heterocycles. The Morgan fingerprint density at radius 2 is 2.00 bits per heavy atom. The van der Waals surface area contributed by atoms with Crippen molar-refractivity contribution in [3.63, 3.8) is 0 Å². The van der Waals surface area contributed by atoms with Gasteiger partial charge in [0.05, 0.1) is 12.1 Å². The number of carboxylic acid groups (broad SMARTS) is 1. The minimum atomic E-state index is -1.10. The van der Waals surface area contributed by atoms with Gasteiger partial charge in [-0.1, -0.05) is 30.3 Å². The van der Waals surface area contributed by atoms with Gasteiger partial charge in [0.1, 0.15) is 0 Å². The van der Waals surface area contributed by atoms with Crippen LogP contribution >= 0.6 is 0 Å². The number of hydrogen-bond donors (Lipinski definition) is 3. The van der Waals surface area contributed by atoms with Crippen LogP contribution in [-0.2, 0) is 9.53 Å². The third-order valence-electron chi connectivity index (χ3n) is 3.54. The molecule has 1 heterocycles. The molecule has 0 bridgehead atoms. The Morgan fingerprint density at radius 1 is 1.29 bits per heavy atom. The molecule has 2 unspecified atom stereocenters. The molecule has 1 fully saturated rings. The van der Waals surface area contributed by atoms with Gasteiger partial charge in [-0.3, -0.25) is 0 Å². The number of benzene rings is 1. The second-order valence-electron chi connectivity index (χ2n) is 5.14. The number of carbonyl (C=O) groups is 2. The third kappa shape index (κ3) is 4.19. The molecular weight excluding hydrogens is 272 g/mol. The van der Waals surface area contributed by atoms with E-state index < -0.39 is 18.0 Å². The van der Waals surface area contributed by atoms with Crippen molar-refractivity contribution >= 4 is 12.0 Å². The van der Waals surface area contributed by atoms with Crippen LogP contribution in [0.5, 0.6) is 0 Å². The number of aliphatic carboxylic acids is 1. The molecular formula is C15H20N2O4. The molecule has 1 saturated heterocycles. The highest BCUT2D eigenvalue weighted by molar-refractivity contribution is 5.83. The first-order valence-electron chi connectivity index (χ1n) is 7.04. The van der Waals surface area contributed by atoms with Gasteiger partial charge in [0, 0.05) is 6.61 Å². The fourth-order valence-corrected chi connectivity index (χ4v) is 2.40. The summed E-state index contributed by atoms with van der Waals surface area (Å²) in [5.41, 5.74) is 0.532. The summed E-state index contributed by atoms with van der Waals surface area (Å²) in [4.78, 5) is 23.3. The van der Waals surface area contributed by atoms with Crippen LogP contribution in [-0.4, -0.2) is 35.9 Å². The van der Waals surface area contributed by atoms with Gasteiger partial charge in [-0.05, 0) is 25.3 Å². The maximum atomic E-state index is 12.0. The van der Waals surface area contributed by atoms with Gasteiger partial charge in [0.25, 0.3) is 0 Å². The first kappa shape index (κ1) is 15.3.